The fraction of sp³-hybridized carbons (Fsp3) is 0.368. The number of aromatic nitrogens is 2. The van der Waals surface area contributed by atoms with Crippen molar-refractivity contribution in [1.82, 2.24) is 9.97 Å². The number of halogens is 3. The van der Waals surface area contributed by atoms with Gasteiger partial charge in [-0.05, 0) is 19.8 Å². The van der Waals surface area contributed by atoms with Crippen LogP contribution < -0.4 is 20.9 Å². The molecule has 2 heterocycles. The van der Waals surface area contributed by atoms with Crippen LogP contribution in [0.3, 0.4) is 0 Å². The van der Waals surface area contributed by atoms with Crippen molar-refractivity contribution in [3.8, 4) is 0 Å². The molecule has 30 heavy (non-hydrogen) atoms. The molecule has 0 bridgehead atoms. The number of hydrogen-bond acceptors (Lipinski definition) is 6. The van der Waals surface area contributed by atoms with Gasteiger partial charge in [-0.2, -0.15) is 4.98 Å². The summed E-state index contributed by atoms with van der Waals surface area (Å²) in [5.41, 5.74) is 1.06. The third-order valence-electron chi connectivity index (χ3n) is 5.17. The van der Waals surface area contributed by atoms with Crippen LogP contribution in [-0.4, -0.2) is 41.4 Å². The minimum atomic E-state index is -1.58. The number of nitrogens with one attached hydrogen (secondary N) is 3. The number of fused-ring (bicyclic) bond motifs is 1. The number of rotatable bonds is 4. The Labute approximate surface area is 169 Å². The summed E-state index contributed by atoms with van der Waals surface area (Å²) in [6.45, 7) is 1.96. The largest absolute Gasteiger partial charge is 0.351 e. The number of likely N-dealkylation sites (N-methyl/N-ethyl adjacent to an activating group) is 1. The molecule has 0 atom stereocenters. The maximum Gasteiger partial charge on any atom is 0.244 e. The summed E-state index contributed by atoms with van der Waals surface area (Å²) in [5.74, 6) is -4.20. The minimum absolute atomic E-state index is 0.0524. The standard InChI is InChI=1S/C19H19F3N6O2/c1-8-16-17(28(2)7-14(29)26-16)27-19(23-8)25-10-3-9(4-10)18(30)24-11-5-12(20)15(22)13(21)6-11/h5-6,9-10H,3-4,7H2,1-2H3,(H,24,30)(H,26,29)(H,23,25,27). The van der Waals surface area contributed by atoms with Gasteiger partial charge in [-0.3, -0.25) is 9.59 Å². The highest BCUT2D eigenvalue weighted by Gasteiger charge is 2.35. The van der Waals surface area contributed by atoms with Gasteiger partial charge in [-0.1, -0.05) is 0 Å². The summed E-state index contributed by atoms with van der Waals surface area (Å²) >= 11 is 0. The van der Waals surface area contributed by atoms with Crippen molar-refractivity contribution in [1.29, 1.82) is 0 Å². The lowest BCUT2D eigenvalue weighted by Gasteiger charge is -2.35. The van der Waals surface area contributed by atoms with Crippen LogP contribution >= 0.6 is 0 Å². The van der Waals surface area contributed by atoms with Gasteiger partial charge in [0, 0.05) is 36.8 Å². The smallest absolute Gasteiger partial charge is 0.244 e. The molecule has 2 aliphatic rings. The number of nitrogens with zero attached hydrogens (tertiary/aromatic N) is 3. The number of carbonyl (C=O) groups is 2. The minimum Gasteiger partial charge on any atom is -0.351 e. The zero-order valence-corrected chi connectivity index (χ0v) is 16.2. The SMILES string of the molecule is Cc1nc(NC2CC(C(=O)Nc3cc(F)c(F)c(F)c3)C2)nc2c1NC(=O)CN2C. The summed E-state index contributed by atoms with van der Waals surface area (Å²) in [6.07, 6.45) is 0.952. The van der Waals surface area contributed by atoms with E-state index >= 15 is 0 Å². The second-order valence-corrected chi connectivity index (χ2v) is 7.49. The van der Waals surface area contributed by atoms with Crippen molar-refractivity contribution in [2.24, 2.45) is 5.92 Å². The van der Waals surface area contributed by atoms with Crippen LogP contribution in [0.25, 0.3) is 0 Å². The fourth-order valence-corrected chi connectivity index (χ4v) is 3.52. The third kappa shape index (κ3) is 3.74. The van der Waals surface area contributed by atoms with Crippen molar-refractivity contribution >= 4 is 35.0 Å². The molecule has 158 valence electrons. The number of aryl methyl sites for hydroxylation is 1. The van der Waals surface area contributed by atoms with E-state index in [1.165, 1.54) is 0 Å². The summed E-state index contributed by atoms with van der Waals surface area (Å²) in [5, 5.41) is 8.33. The molecule has 0 spiro atoms. The maximum atomic E-state index is 13.3. The van der Waals surface area contributed by atoms with Crippen LogP contribution in [-0.2, 0) is 9.59 Å². The van der Waals surface area contributed by atoms with Gasteiger partial charge in [0.25, 0.3) is 0 Å². The second-order valence-electron chi connectivity index (χ2n) is 7.49. The number of hydrogen-bond donors (Lipinski definition) is 3. The van der Waals surface area contributed by atoms with Crippen LogP contribution in [0.5, 0.6) is 0 Å². The molecule has 1 fully saturated rings. The first-order valence-corrected chi connectivity index (χ1v) is 9.33. The molecule has 1 aliphatic carbocycles. The summed E-state index contributed by atoms with van der Waals surface area (Å²) in [6, 6.07) is 1.43. The van der Waals surface area contributed by atoms with Crippen LogP contribution in [0.1, 0.15) is 18.5 Å². The van der Waals surface area contributed by atoms with E-state index in [0.29, 0.717) is 36.0 Å². The van der Waals surface area contributed by atoms with E-state index in [1.807, 2.05) is 0 Å². The average molecular weight is 420 g/mol. The predicted octanol–water partition coefficient (Wildman–Crippen LogP) is 2.42. The van der Waals surface area contributed by atoms with Gasteiger partial charge in [0.15, 0.2) is 23.3 Å². The molecule has 1 aromatic heterocycles. The third-order valence-corrected chi connectivity index (χ3v) is 5.17. The lowest BCUT2D eigenvalue weighted by Crippen LogP contribution is -2.42. The Morgan fingerprint density at radius 2 is 1.87 bits per heavy atom. The molecule has 2 amide bonds. The van der Waals surface area contributed by atoms with Gasteiger partial charge in [0.05, 0.1) is 12.2 Å². The first-order valence-electron chi connectivity index (χ1n) is 9.33. The van der Waals surface area contributed by atoms with Crippen LogP contribution in [0.2, 0.25) is 0 Å². The molecule has 8 nitrogen and oxygen atoms in total. The number of anilines is 4. The molecule has 0 saturated heterocycles. The number of carbonyl (C=O) groups excluding carboxylic acids is 2. The average Bonchev–Trinajstić information content (AvgIpc) is 2.63. The van der Waals surface area contributed by atoms with Crippen molar-refractivity contribution in [3.05, 3.63) is 35.3 Å². The van der Waals surface area contributed by atoms with E-state index in [4.69, 9.17) is 0 Å². The molecule has 2 aromatic rings. The Bertz CT molecular complexity index is 1020. The van der Waals surface area contributed by atoms with E-state index in [-0.39, 0.29) is 30.1 Å². The van der Waals surface area contributed by atoms with Gasteiger partial charge in [0.2, 0.25) is 17.8 Å². The van der Waals surface area contributed by atoms with Crippen molar-refractivity contribution in [3.63, 3.8) is 0 Å². The van der Waals surface area contributed by atoms with Crippen molar-refractivity contribution in [2.75, 3.05) is 34.4 Å². The molecule has 4 rings (SSSR count). The predicted molar refractivity (Wildman–Crippen MR) is 104 cm³/mol. The van der Waals surface area contributed by atoms with Crippen LogP contribution in [0.15, 0.2) is 12.1 Å². The monoisotopic (exact) mass is 420 g/mol. The van der Waals surface area contributed by atoms with Crippen LogP contribution in [0, 0.1) is 30.3 Å². The Balaban J connectivity index is 1.36. The van der Waals surface area contributed by atoms with E-state index in [2.05, 4.69) is 25.9 Å². The van der Waals surface area contributed by atoms with Crippen molar-refractivity contribution < 1.29 is 22.8 Å². The highest BCUT2D eigenvalue weighted by molar-refractivity contribution is 6.00. The zero-order chi connectivity index (χ0) is 21.6. The Hall–Kier alpha value is -3.37. The molecule has 1 aromatic carbocycles. The van der Waals surface area contributed by atoms with Gasteiger partial charge < -0.3 is 20.9 Å². The zero-order valence-electron chi connectivity index (χ0n) is 16.2. The molecule has 11 heteroatoms. The van der Waals surface area contributed by atoms with E-state index < -0.39 is 23.4 Å². The molecule has 0 radical (unpaired) electrons. The molecule has 1 saturated carbocycles. The highest BCUT2D eigenvalue weighted by Crippen LogP contribution is 2.33. The number of amides is 2. The molecular formula is C19H19F3N6O2. The summed E-state index contributed by atoms with van der Waals surface area (Å²) in [4.78, 5) is 34.5. The first kappa shape index (κ1) is 19.9. The van der Waals surface area contributed by atoms with Crippen LogP contribution in [0.4, 0.5) is 36.3 Å². The summed E-state index contributed by atoms with van der Waals surface area (Å²) in [7, 11) is 1.76. The second kappa shape index (κ2) is 7.47. The fourth-order valence-electron chi connectivity index (χ4n) is 3.52. The van der Waals surface area contributed by atoms with E-state index in [0.717, 1.165) is 12.1 Å². The van der Waals surface area contributed by atoms with Gasteiger partial charge in [0.1, 0.15) is 5.69 Å². The lowest BCUT2D eigenvalue weighted by atomic mass is 9.79. The Kier molecular flexibility index (Phi) is 4.96. The lowest BCUT2D eigenvalue weighted by molar-refractivity contribution is -0.122. The molecular weight excluding hydrogens is 401 g/mol. The van der Waals surface area contributed by atoms with Gasteiger partial charge in [-0.15, -0.1) is 0 Å². The summed E-state index contributed by atoms with van der Waals surface area (Å²) < 4.78 is 39.6. The maximum absolute atomic E-state index is 13.3. The molecule has 0 unspecified atom stereocenters. The highest BCUT2D eigenvalue weighted by atomic mass is 19.2. The molecule has 3 N–H and O–H groups in total. The normalized spacial score (nSPS) is 20.2. The Morgan fingerprint density at radius 1 is 1.20 bits per heavy atom. The first-order chi connectivity index (χ1) is 14.2. The molecule has 1 aliphatic heterocycles. The topological polar surface area (TPSA) is 99.2 Å². The Morgan fingerprint density at radius 3 is 2.53 bits per heavy atom. The number of benzene rings is 1. The quantitative estimate of drug-likeness (QED) is 0.657. The van der Waals surface area contributed by atoms with E-state index in [9.17, 15) is 22.8 Å². The van der Waals surface area contributed by atoms with E-state index in [1.54, 1.807) is 18.9 Å². The van der Waals surface area contributed by atoms with Gasteiger partial charge in [-0.25, -0.2) is 18.2 Å². The van der Waals surface area contributed by atoms with Gasteiger partial charge >= 0.3 is 0 Å². The van der Waals surface area contributed by atoms with Crippen molar-refractivity contribution in [2.45, 2.75) is 25.8 Å².